The summed E-state index contributed by atoms with van der Waals surface area (Å²) in [5.41, 5.74) is 2.55. The Kier molecular flexibility index (Phi) is 6.20. The largest absolute Gasteiger partial charge is 0.465 e. The van der Waals surface area contributed by atoms with E-state index in [-0.39, 0.29) is 24.7 Å². The van der Waals surface area contributed by atoms with E-state index in [2.05, 4.69) is 10.5 Å². The van der Waals surface area contributed by atoms with Crippen LogP contribution in [0.15, 0.2) is 59.8 Å². The third-order valence-electron chi connectivity index (χ3n) is 4.25. The Bertz CT molecular complexity index is 1100. The Hall–Kier alpha value is -3.62. The lowest BCUT2D eigenvalue weighted by molar-refractivity contribution is -0.143. The van der Waals surface area contributed by atoms with Crippen molar-refractivity contribution in [1.29, 1.82) is 0 Å². The lowest BCUT2D eigenvalue weighted by Gasteiger charge is -2.07. The molecule has 6 nitrogen and oxygen atoms in total. The van der Waals surface area contributed by atoms with Crippen LogP contribution in [0.5, 0.6) is 0 Å². The quantitative estimate of drug-likeness (QED) is 0.375. The second-order valence-corrected chi connectivity index (χ2v) is 6.31. The summed E-state index contributed by atoms with van der Waals surface area (Å²) >= 11 is 0. The molecule has 0 fully saturated rings. The number of para-hydroxylation sites is 1. The molecule has 0 spiro atoms. The molecule has 156 valence electrons. The maximum Gasteiger partial charge on any atom is 0.416 e. The number of fused-ring (bicyclic) bond motifs is 1. The second-order valence-electron chi connectivity index (χ2n) is 6.31. The van der Waals surface area contributed by atoms with Crippen LogP contribution in [0.3, 0.4) is 0 Å². The monoisotopic (exact) mass is 417 g/mol. The second kappa shape index (κ2) is 8.81. The smallest absolute Gasteiger partial charge is 0.416 e. The van der Waals surface area contributed by atoms with Gasteiger partial charge in [0.2, 0.25) is 0 Å². The minimum atomic E-state index is -4.54. The molecule has 1 N–H and O–H groups in total. The molecule has 1 aromatic heterocycles. The van der Waals surface area contributed by atoms with Crippen molar-refractivity contribution in [3.05, 3.63) is 71.4 Å². The van der Waals surface area contributed by atoms with Gasteiger partial charge < -0.3 is 9.30 Å². The molecule has 0 radical (unpaired) electrons. The number of ether oxygens (including phenoxy) is 1. The lowest BCUT2D eigenvalue weighted by atomic mass is 10.1. The molecule has 2 aromatic carbocycles. The van der Waals surface area contributed by atoms with E-state index in [1.54, 1.807) is 17.7 Å². The van der Waals surface area contributed by atoms with E-state index in [1.807, 2.05) is 24.3 Å². The van der Waals surface area contributed by atoms with Gasteiger partial charge in [0, 0.05) is 28.2 Å². The number of esters is 1. The van der Waals surface area contributed by atoms with E-state index >= 15 is 0 Å². The van der Waals surface area contributed by atoms with Gasteiger partial charge in [0.25, 0.3) is 5.91 Å². The van der Waals surface area contributed by atoms with Gasteiger partial charge in [0.15, 0.2) is 0 Å². The minimum absolute atomic E-state index is 0.0127. The molecule has 1 amide bonds. The molecular weight excluding hydrogens is 399 g/mol. The van der Waals surface area contributed by atoms with Gasteiger partial charge in [-0.2, -0.15) is 18.3 Å². The number of hydrogen-bond acceptors (Lipinski definition) is 4. The van der Waals surface area contributed by atoms with Crippen molar-refractivity contribution in [2.24, 2.45) is 5.10 Å². The molecule has 30 heavy (non-hydrogen) atoms. The van der Waals surface area contributed by atoms with Crippen LogP contribution in [-0.2, 0) is 22.3 Å². The van der Waals surface area contributed by atoms with Gasteiger partial charge in [-0.1, -0.05) is 24.3 Å². The van der Waals surface area contributed by atoms with Crippen molar-refractivity contribution >= 4 is 29.0 Å². The molecule has 3 rings (SSSR count). The maximum atomic E-state index is 12.8. The molecule has 0 atom stereocenters. The van der Waals surface area contributed by atoms with Crippen molar-refractivity contribution in [2.45, 2.75) is 19.6 Å². The number of rotatable bonds is 6. The molecule has 0 aliphatic carbocycles. The molecule has 9 heteroatoms. The van der Waals surface area contributed by atoms with Gasteiger partial charge in [0.1, 0.15) is 6.54 Å². The molecule has 3 aromatic rings. The highest BCUT2D eigenvalue weighted by atomic mass is 19.4. The van der Waals surface area contributed by atoms with Gasteiger partial charge in [0.05, 0.1) is 18.4 Å². The lowest BCUT2D eigenvalue weighted by Crippen LogP contribution is -2.18. The average Bonchev–Trinajstić information content (AvgIpc) is 3.05. The number of alkyl halides is 3. The van der Waals surface area contributed by atoms with Crippen LogP contribution in [0, 0.1) is 0 Å². The van der Waals surface area contributed by atoms with Crippen molar-refractivity contribution in [3.8, 4) is 0 Å². The van der Waals surface area contributed by atoms with Gasteiger partial charge in [-0.25, -0.2) is 5.43 Å². The summed E-state index contributed by atoms with van der Waals surface area (Å²) in [6, 6.07) is 11.4. The fourth-order valence-corrected chi connectivity index (χ4v) is 2.92. The highest BCUT2D eigenvalue weighted by molar-refractivity contribution is 6.01. The number of amides is 1. The first-order valence-corrected chi connectivity index (χ1v) is 9.03. The van der Waals surface area contributed by atoms with Crippen LogP contribution in [0.4, 0.5) is 13.2 Å². The standard InChI is InChI=1S/C21H18F3N3O3/c1-2-30-19(28)13-27-12-15(17-8-3-4-9-18(17)27)11-25-26-20(29)14-6-5-7-16(10-14)21(22,23)24/h3-12H,2,13H2,1H3,(H,26,29)/b25-11-. The molecule has 0 unspecified atom stereocenters. The summed E-state index contributed by atoms with van der Waals surface area (Å²) in [4.78, 5) is 24.0. The first-order valence-electron chi connectivity index (χ1n) is 9.03. The molecule has 1 heterocycles. The molecule has 0 saturated heterocycles. The maximum absolute atomic E-state index is 12.8. The first kappa shape index (κ1) is 21.1. The number of benzene rings is 2. The van der Waals surface area contributed by atoms with Crippen molar-refractivity contribution in [2.75, 3.05) is 6.61 Å². The SMILES string of the molecule is CCOC(=O)Cn1cc(/C=N\NC(=O)c2cccc(C(F)(F)F)c2)c2ccccc21. The fraction of sp³-hybridized carbons (Fsp3) is 0.190. The van der Waals surface area contributed by atoms with Gasteiger partial charge in [-0.15, -0.1) is 0 Å². The topological polar surface area (TPSA) is 72.7 Å². The summed E-state index contributed by atoms with van der Waals surface area (Å²) < 4.78 is 45.1. The highest BCUT2D eigenvalue weighted by Gasteiger charge is 2.30. The van der Waals surface area contributed by atoms with Crippen molar-refractivity contribution < 1.29 is 27.5 Å². The zero-order chi connectivity index (χ0) is 21.7. The summed E-state index contributed by atoms with van der Waals surface area (Å²) in [7, 11) is 0. The number of nitrogens with zero attached hydrogens (tertiary/aromatic N) is 2. The fourth-order valence-electron chi connectivity index (χ4n) is 2.92. The van der Waals surface area contributed by atoms with Crippen LogP contribution in [-0.4, -0.2) is 29.3 Å². The summed E-state index contributed by atoms with van der Waals surface area (Å²) in [6.45, 7) is 2.00. The van der Waals surface area contributed by atoms with E-state index in [4.69, 9.17) is 4.74 Å². The predicted molar refractivity (Wildman–Crippen MR) is 105 cm³/mol. The molecule has 0 bridgehead atoms. The van der Waals surface area contributed by atoms with Gasteiger partial charge >= 0.3 is 12.1 Å². The van der Waals surface area contributed by atoms with Gasteiger partial charge in [-0.05, 0) is 31.2 Å². The number of carbonyl (C=O) groups excluding carboxylic acids is 2. The molecule has 0 aliphatic rings. The highest BCUT2D eigenvalue weighted by Crippen LogP contribution is 2.29. The van der Waals surface area contributed by atoms with Crippen LogP contribution >= 0.6 is 0 Å². The minimum Gasteiger partial charge on any atom is -0.465 e. The van der Waals surface area contributed by atoms with Gasteiger partial charge in [-0.3, -0.25) is 9.59 Å². The predicted octanol–water partition coefficient (Wildman–Crippen LogP) is 3.99. The van der Waals surface area contributed by atoms with E-state index in [0.29, 0.717) is 5.56 Å². The van der Waals surface area contributed by atoms with E-state index in [9.17, 15) is 22.8 Å². The number of halogens is 3. The summed E-state index contributed by atoms with van der Waals surface area (Å²) in [6.07, 6.45) is -1.49. The first-order chi connectivity index (χ1) is 14.3. The van der Waals surface area contributed by atoms with E-state index in [1.165, 1.54) is 12.3 Å². The third-order valence-corrected chi connectivity index (χ3v) is 4.25. The van der Waals surface area contributed by atoms with Crippen LogP contribution < -0.4 is 5.43 Å². The Morgan fingerprint density at radius 3 is 2.67 bits per heavy atom. The average molecular weight is 417 g/mol. The van der Waals surface area contributed by atoms with E-state index in [0.717, 1.165) is 29.1 Å². The molecule has 0 aliphatic heterocycles. The Morgan fingerprint density at radius 2 is 1.93 bits per heavy atom. The Morgan fingerprint density at radius 1 is 1.17 bits per heavy atom. The van der Waals surface area contributed by atoms with Crippen LogP contribution in [0.1, 0.15) is 28.4 Å². The zero-order valence-electron chi connectivity index (χ0n) is 15.9. The summed E-state index contributed by atoms with van der Waals surface area (Å²) in [5.74, 6) is -1.16. The molecule has 0 saturated carbocycles. The third kappa shape index (κ3) is 4.86. The normalized spacial score (nSPS) is 11.7. The van der Waals surface area contributed by atoms with Crippen molar-refractivity contribution in [1.82, 2.24) is 9.99 Å². The number of carbonyl (C=O) groups is 2. The van der Waals surface area contributed by atoms with Crippen LogP contribution in [0.2, 0.25) is 0 Å². The number of aromatic nitrogens is 1. The number of nitrogens with one attached hydrogen (secondary N) is 1. The van der Waals surface area contributed by atoms with Crippen LogP contribution in [0.25, 0.3) is 10.9 Å². The number of hydrogen-bond donors (Lipinski definition) is 1. The Balaban J connectivity index is 1.78. The Labute approximate surface area is 169 Å². The van der Waals surface area contributed by atoms with Crippen molar-refractivity contribution in [3.63, 3.8) is 0 Å². The van der Waals surface area contributed by atoms with E-state index < -0.39 is 17.6 Å². The zero-order valence-corrected chi connectivity index (χ0v) is 15.9. The molecular formula is C21H18F3N3O3. The number of hydrazone groups is 1. The summed E-state index contributed by atoms with van der Waals surface area (Å²) in [5, 5.41) is 4.64.